The monoisotopic (exact) mass is 312 g/mol. The first-order chi connectivity index (χ1) is 9.88. The van der Waals surface area contributed by atoms with Crippen LogP contribution in [0.2, 0.25) is 5.02 Å². The number of rotatable bonds is 4. The van der Waals surface area contributed by atoms with Gasteiger partial charge in [0.25, 0.3) is 0 Å². The molecule has 1 N–H and O–H groups in total. The van der Waals surface area contributed by atoms with Crippen LogP contribution < -0.4 is 4.74 Å². The Kier molecular flexibility index (Phi) is 3.99. The summed E-state index contributed by atoms with van der Waals surface area (Å²) < 4.78 is 18.5. The van der Waals surface area contributed by atoms with Crippen LogP contribution in [0.4, 0.5) is 10.1 Å². The number of nitro benzene ring substituents is 1. The van der Waals surface area contributed by atoms with Gasteiger partial charge < -0.3 is 9.84 Å². The van der Waals surface area contributed by atoms with Gasteiger partial charge in [0.1, 0.15) is 11.6 Å². The molecule has 108 valence electrons. The minimum Gasteiger partial charge on any atom is -0.478 e. The Morgan fingerprint density at radius 3 is 2.71 bits per heavy atom. The normalized spacial score (nSPS) is 10.2. The second-order valence-corrected chi connectivity index (χ2v) is 4.21. The number of nitrogens with zero attached hydrogens (tertiary/aromatic N) is 2. The Hall–Kier alpha value is -2.74. The van der Waals surface area contributed by atoms with Crippen molar-refractivity contribution in [2.24, 2.45) is 0 Å². The van der Waals surface area contributed by atoms with Gasteiger partial charge >= 0.3 is 11.7 Å². The van der Waals surface area contributed by atoms with Crippen LogP contribution in [0.25, 0.3) is 0 Å². The highest BCUT2D eigenvalue weighted by atomic mass is 35.5. The molecular weight excluding hydrogens is 307 g/mol. The van der Waals surface area contributed by atoms with Crippen molar-refractivity contribution in [3.8, 4) is 11.5 Å². The van der Waals surface area contributed by atoms with Gasteiger partial charge in [-0.05, 0) is 6.07 Å². The minimum atomic E-state index is -1.25. The maximum atomic E-state index is 13.4. The largest absolute Gasteiger partial charge is 0.478 e. The third-order valence-electron chi connectivity index (χ3n) is 2.39. The van der Waals surface area contributed by atoms with E-state index in [9.17, 15) is 19.3 Å². The Morgan fingerprint density at radius 2 is 2.10 bits per heavy atom. The van der Waals surface area contributed by atoms with E-state index in [0.29, 0.717) is 0 Å². The predicted molar refractivity (Wildman–Crippen MR) is 69.3 cm³/mol. The Balaban J connectivity index is 2.43. The van der Waals surface area contributed by atoms with Gasteiger partial charge in [-0.25, -0.2) is 9.18 Å². The van der Waals surface area contributed by atoms with Crippen molar-refractivity contribution in [2.45, 2.75) is 0 Å². The molecular formula is C12H6ClFN2O5. The summed E-state index contributed by atoms with van der Waals surface area (Å²) in [6.45, 7) is 0. The van der Waals surface area contributed by atoms with E-state index < -0.39 is 33.2 Å². The van der Waals surface area contributed by atoms with Crippen molar-refractivity contribution < 1.29 is 24.0 Å². The van der Waals surface area contributed by atoms with Gasteiger partial charge in [0.15, 0.2) is 0 Å². The average Bonchev–Trinajstić information content (AvgIpc) is 2.42. The van der Waals surface area contributed by atoms with E-state index in [2.05, 4.69) is 4.98 Å². The summed E-state index contributed by atoms with van der Waals surface area (Å²) in [7, 11) is 0. The molecule has 0 bridgehead atoms. The number of carboxylic acids is 1. The molecule has 0 aliphatic heterocycles. The maximum Gasteiger partial charge on any atom is 0.337 e. The fourth-order valence-electron chi connectivity index (χ4n) is 1.46. The van der Waals surface area contributed by atoms with Crippen LogP contribution in [-0.2, 0) is 0 Å². The Morgan fingerprint density at radius 1 is 1.38 bits per heavy atom. The zero-order valence-electron chi connectivity index (χ0n) is 10.1. The molecule has 1 aromatic heterocycles. The van der Waals surface area contributed by atoms with Crippen molar-refractivity contribution in [3.63, 3.8) is 0 Å². The second kappa shape index (κ2) is 5.71. The average molecular weight is 313 g/mol. The summed E-state index contributed by atoms with van der Waals surface area (Å²) >= 11 is 5.47. The predicted octanol–water partition coefficient (Wildman–Crippen LogP) is 3.27. The molecule has 0 atom stereocenters. The van der Waals surface area contributed by atoms with E-state index in [4.69, 9.17) is 21.4 Å². The van der Waals surface area contributed by atoms with Gasteiger partial charge in [-0.15, -0.1) is 0 Å². The molecule has 21 heavy (non-hydrogen) atoms. The summed E-state index contributed by atoms with van der Waals surface area (Å²) in [5, 5.41) is 19.3. The lowest BCUT2D eigenvalue weighted by molar-refractivity contribution is -0.385. The van der Waals surface area contributed by atoms with Crippen LogP contribution in [0.1, 0.15) is 10.4 Å². The molecule has 0 aliphatic carbocycles. The first kappa shape index (κ1) is 14.7. The van der Waals surface area contributed by atoms with Crippen LogP contribution in [0, 0.1) is 15.9 Å². The third-order valence-corrected chi connectivity index (χ3v) is 2.68. The SMILES string of the molecule is O=C(O)c1cncc(Oc2cc(F)c(Cl)cc2[N+](=O)[O-])c1. The topological polar surface area (TPSA) is 103 Å². The molecule has 0 aliphatic rings. The summed E-state index contributed by atoms with van der Waals surface area (Å²) in [5.41, 5.74) is -0.730. The molecule has 0 amide bonds. The van der Waals surface area contributed by atoms with Crippen molar-refractivity contribution in [1.29, 1.82) is 0 Å². The number of hydrogen-bond donors (Lipinski definition) is 1. The van der Waals surface area contributed by atoms with Gasteiger partial charge in [0.05, 0.1) is 21.7 Å². The van der Waals surface area contributed by atoms with Crippen LogP contribution in [0.3, 0.4) is 0 Å². The molecule has 0 unspecified atom stereocenters. The van der Waals surface area contributed by atoms with Gasteiger partial charge in [-0.3, -0.25) is 15.1 Å². The van der Waals surface area contributed by atoms with Crippen LogP contribution in [0.15, 0.2) is 30.6 Å². The summed E-state index contributed by atoms with van der Waals surface area (Å²) in [6, 6.07) is 2.65. The van der Waals surface area contributed by atoms with Gasteiger partial charge in [0, 0.05) is 18.3 Å². The zero-order chi connectivity index (χ0) is 15.6. The minimum absolute atomic E-state index is 0.0836. The molecule has 2 aromatic rings. The van der Waals surface area contributed by atoms with Crippen LogP contribution >= 0.6 is 11.6 Å². The number of nitro groups is 1. The number of benzene rings is 1. The summed E-state index contributed by atoms with van der Waals surface area (Å²) in [6.07, 6.45) is 2.22. The van der Waals surface area contributed by atoms with E-state index in [-0.39, 0.29) is 11.3 Å². The molecule has 0 radical (unpaired) electrons. The van der Waals surface area contributed by atoms with Gasteiger partial charge in [-0.1, -0.05) is 11.6 Å². The van der Waals surface area contributed by atoms with E-state index >= 15 is 0 Å². The molecule has 7 nitrogen and oxygen atoms in total. The number of pyridine rings is 1. The second-order valence-electron chi connectivity index (χ2n) is 3.81. The fraction of sp³-hybridized carbons (Fsp3) is 0. The van der Waals surface area contributed by atoms with Crippen molar-refractivity contribution in [2.75, 3.05) is 0 Å². The van der Waals surface area contributed by atoms with E-state index in [1.165, 1.54) is 0 Å². The van der Waals surface area contributed by atoms with Crippen molar-refractivity contribution in [1.82, 2.24) is 4.98 Å². The number of ether oxygens (including phenoxy) is 1. The molecule has 0 saturated carbocycles. The Labute approximate surface area is 121 Å². The molecule has 0 spiro atoms. The fourth-order valence-corrected chi connectivity index (χ4v) is 1.62. The van der Waals surface area contributed by atoms with Gasteiger partial charge in [-0.2, -0.15) is 0 Å². The number of halogens is 2. The lowest BCUT2D eigenvalue weighted by Crippen LogP contribution is -1.99. The van der Waals surface area contributed by atoms with E-state index in [0.717, 1.165) is 30.6 Å². The smallest absolute Gasteiger partial charge is 0.337 e. The van der Waals surface area contributed by atoms with Crippen LogP contribution in [0.5, 0.6) is 11.5 Å². The molecule has 1 heterocycles. The number of hydrogen-bond acceptors (Lipinski definition) is 5. The molecule has 2 rings (SSSR count). The highest BCUT2D eigenvalue weighted by Gasteiger charge is 2.20. The molecule has 1 aromatic carbocycles. The number of carboxylic acid groups (broad SMARTS) is 1. The first-order valence-corrected chi connectivity index (χ1v) is 5.76. The standard InChI is InChI=1S/C12H6ClFN2O5/c13-8-2-10(16(19)20)11(3-9(8)14)21-7-1-6(12(17)18)4-15-5-7/h1-5H,(H,17,18). The highest BCUT2D eigenvalue weighted by molar-refractivity contribution is 6.31. The lowest BCUT2D eigenvalue weighted by atomic mass is 10.2. The third kappa shape index (κ3) is 3.23. The molecule has 9 heteroatoms. The van der Waals surface area contributed by atoms with E-state index in [1.807, 2.05) is 0 Å². The highest BCUT2D eigenvalue weighted by Crippen LogP contribution is 2.35. The van der Waals surface area contributed by atoms with Crippen LogP contribution in [-0.4, -0.2) is 21.0 Å². The summed E-state index contributed by atoms with van der Waals surface area (Å²) in [4.78, 5) is 24.5. The van der Waals surface area contributed by atoms with Crippen molar-refractivity contribution in [3.05, 3.63) is 57.1 Å². The summed E-state index contributed by atoms with van der Waals surface area (Å²) in [5.74, 6) is -2.64. The molecule has 0 saturated heterocycles. The maximum absolute atomic E-state index is 13.4. The van der Waals surface area contributed by atoms with E-state index in [1.54, 1.807) is 0 Å². The van der Waals surface area contributed by atoms with Gasteiger partial charge in [0.2, 0.25) is 5.75 Å². The Bertz CT molecular complexity index is 738. The first-order valence-electron chi connectivity index (χ1n) is 5.38. The number of aromatic carboxylic acids is 1. The van der Waals surface area contributed by atoms with Crippen molar-refractivity contribution >= 4 is 23.3 Å². The number of carbonyl (C=O) groups is 1. The molecule has 0 fully saturated rings. The number of aromatic nitrogens is 1. The zero-order valence-corrected chi connectivity index (χ0v) is 10.9. The quantitative estimate of drug-likeness (QED) is 0.686. The lowest BCUT2D eigenvalue weighted by Gasteiger charge is -2.07.